The van der Waals surface area contributed by atoms with Crippen molar-refractivity contribution in [1.82, 2.24) is 10.2 Å². The van der Waals surface area contributed by atoms with E-state index in [1.54, 1.807) is 0 Å². The number of aryl methyl sites for hydroxylation is 1. The van der Waals surface area contributed by atoms with Crippen LogP contribution >= 0.6 is 0 Å². The first-order valence-corrected chi connectivity index (χ1v) is 6.50. The predicted molar refractivity (Wildman–Crippen MR) is 73.7 cm³/mol. The Morgan fingerprint density at radius 3 is 2.61 bits per heavy atom. The summed E-state index contributed by atoms with van der Waals surface area (Å²) in [4.78, 5) is 2.31. The van der Waals surface area contributed by atoms with E-state index in [0.29, 0.717) is 12.6 Å². The van der Waals surface area contributed by atoms with Gasteiger partial charge < -0.3 is 10.6 Å². The summed E-state index contributed by atoms with van der Waals surface area (Å²) >= 11 is 0. The molecular formula is C14H18N4. The average Bonchev–Trinajstić information content (AvgIpc) is 3.22. The van der Waals surface area contributed by atoms with Crippen molar-refractivity contribution in [3.05, 3.63) is 30.0 Å². The molecule has 0 radical (unpaired) electrons. The van der Waals surface area contributed by atoms with Crippen LogP contribution in [0.3, 0.4) is 0 Å². The number of benzene rings is 1. The first-order valence-electron chi connectivity index (χ1n) is 6.50. The molecule has 4 heteroatoms. The first-order chi connectivity index (χ1) is 8.81. The van der Waals surface area contributed by atoms with Gasteiger partial charge in [0.1, 0.15) is 0 Å². The highest BCUT2D eigenvalue weighted by Crippen LogP contribution is 2.34. The van der Waals surface area contributed by atoms with E-state index in [9.17, 15) is 0 Å². The maximum absolute atomic E-state index is 5.72. The van der Waals surface area contributed by atoms with Crippen molar-refractivity contribution in [3.8, 4) is 0 Å². The minimum atomic E-state index is 0.606. The maximum Gasteiger partial charge on any atom is 0.159 e. The van der Waals surface area contributed by atoms with Gasteiger partial charge in [-0.25, -0.2) is 0 Å². The van der Waals surface area contributed by atoms with Gasteiger partial charge in [0.05, 0.1) is 5.69 Å². The Kier molecular flexibility index (Phi) is 2.88. The van der Waals surface area contributed by atoms with Crippen molar-refractivity contribution < 1.29 is 0 Å². The fraction of sp³-hybridized carbons (Fsp3) is 0.429. The number of fused-ring (bicyclic) bond motifs is 1. The van der Waals surface area contributed by atoms with Crippen LogP contribution in [0.25, 0.3) is 10.8 Å². The smallest absolute Gasteiger partial charge is 0.159 e. The lowest BCUT2D eigenvalue weighted by Crippen LogP contribution is -2.32. The van der Waals surface area contributed by atoms with Crippen molar-refractivity contribution >= 4 is 16.6 Å². The molecule has 2 N–H and O–H groups in total. The monoisotopic (exact) mass is 242 g/mol. The molecule has 1 saturated carbocycles. The van der Waals surface area contributed by atoms with Gasteiger partial charge >= 0.3 is 0 Å². The van der Waals surface area contributed by atoms with Gasteiger partial charge in [0.15, 0.2) is 5.82 Å². The van der Waals surface area contributed by atoms with E-state index in [-0.39, 0.29) is 0 Å². The highest BCUT2D eigenvalue weighted by molar-refractivity contribution is 5.93. The van der Waals surface area contributed by atoms with Crippen LogP contribution in [0.2, 0.25) is 0 Å². The number of nitrogens with two attached hydrogens (primary N) is 1. The number of rotatable bonds is 4. The van der Waals surface area contributed by atoms with Gasteiger partial charge in [-0.15, -0.1) is 5.10 Å². The van der Waals surface area contributed by atoms with E-state index in [0.717, 1.165) is 18.1 Å². The highest BCUT2D eigenvalue weighted by Gasteiger charge is 2.30. The summed E-state index contributed by atoms with van der Waals surface area (Å²) in [6.45, 7) is 3.51. The van der Waals surface area contributed by atoms with E-state index in [1.807, 2.05) is 13.0 Å². The summed E-state index contributed by atoms with van der Waals surface area (Å²) < 4.78 is 0. The van der Waals surface area contributed by atoms with E-state index in [2.05, 4.69) is 33.3 Å². The van der Waals surface area contributed by atoms with Crippen molar-refractivity contribution in [2.45, 2.75) is 25.8 Å². The Labute approximate surface area is 107 Å². The third kappa shape index (κ3) is 1.93. The fourth-order valence-corrected chi connectivity index (χ4v) is 2.42. The van der Waals surface area contributed by atoms with Gasteiger partial charge in [-0.2, -0.15) is 5.10 Å². The van der Waals surface area contributed by atoms with Gasteiger partial charge in [-0.3, -0.25) is 0 Å². The third-order valence-corrected chi connectivity index (χ3v) is 3.48. The van der Waals surface area contributed by atoms with E-state index < -0.39 is 0 Å². The molecule has 1 heterocycles. The molecule has 0 saturated heterocycles. The van der Waals surface area contributed by atoms with Gasteiger partial charge in [-0.05, 0) is 19.8 Å². The molecular weight excluding hydrogens is 224 g/mol. The fourth-order valence-electron chi connectivity index (χ4n) is 2.42. The second kappa shape index (κ2) is 4.53. The summed E-state index contributed by atoms with van der Waals surface area (Å²) in [5, 5.41) is 11.1. The molecule has 0 aliphatic heterocycles. The van der Waals surface area contributed by atoms with Crippen LogP contribution in [0, 0.1) is 6.92 Å². The first kappa shape index (κ1) is 11.4. The van der Waals surface area contributed by atoms with Crippen molar-refractivity contribution in [2.24, 2.45) is 5.73 Å². The van der Waals surface area contributed by atoms with Crippen molar-refractivity contribution in [3.63, 3.8) is 0 Å². The summed E-state index contributed by atoms with van der Waals surface area (Å²) in [6, 6.07) is 8.94. The molecule has 0 unspecified atom stereocenters. The Bertz CT molecular complexity index is 563. The van der Waals surface area contributed by atoms with Gasteiger partial charge in [-0.1, -0.05) is 24.3 Å². The second-order valence-corrected chi connectivity index (χ2v) is 4.87. The lowest BCUT2D eigenvalue weighted by molar-refractivity contribution is 0.762. The average molecular weight is 242 g/mol. The summed E-state index contributed by atoms with van der Waals surface area (Å²) in [5.41, 5.74) is 6.70. The molecule has 1 aromatic heterocycles. The molecule has 94 valence electrons. The molecule has 18 heavy (non-hydrogen) atoms. The predicted octanol–water partition coefficient (Wildman–Crippen LogP) is 1.87. The molecule has 1 aliphatic rings. The summed E-state index contributed by atoms with van der Waals surface area (Å²) in [5.74, 6) is 0.990. The van der Waals surface area contributed by atoms with Gasteiger partial charge in [0.2, 0.25) is 0 Å². The zero-order valence-electron chi connectivity index (χ0n) is 10.6. The Balaban J connectivity index is 2.12. The van der Waals surface area contributed by atoms with Crippen molar-refractivity contribution in [2.75, 3.05) is 18.0 Å². The Morgan fingerprint density at radius 1 is 1.22 bits per heavy atom. The number of anilines is 1. The summed E-state index contributed by atoms with van der Waals surface area (Å²) in [6.07, 6.45) is 2.48. The topological polar surface area (TPSA) is 55.0 Å². The maximum atomic E-state index is 5.72. The second-order valence-electron chi connectivity index (χ2n) is 4.87. The van der Waals surface area contributed by atoms with Crippen LogP contribution in [-0.2, 0) is 0 Å². The molecule has 0 atom stereocenters. The molecule has 2 aromatic rings. The lowest BCUT2D eigenvalue weighted by atomic mass is 10.1. The van der Waals surface area contributed by atoms with Crippen LogP contribution < -0.4 is 10.6 Å². The van der Waals surface area contributed by atoms with Crippen LogP contribution in [0.1, 0.15) is 18.5 Å². The Morgan fingerprint density at radius 2 is 1.94 bits per heavy atom. The van der Waals surface area contributed by atoms with Crippen LogP contribution in [0.4, 0.5) is 5.82 Å². The van der Waals surface area contributed by atoms with Crippen LogP contribution in [0.5, 0.6) is 0 Å². The number of hydrogen-bond acceptors (Lipinski definition) is 4. The van der Waals surface area contributed by atoms with Crippen molar-refractivity contribution in [1.29, 1.82) is 0 Å². The summed E-state index contributed by atoms with van der Waals surface area (Å²) in [7, 11) is 0. The molecule has 4 nitrogen and oxygen atoms in total. The zero-order valence-corrected chi connectivity index (χ0v) is 10.6. The number of hydrogen-bond donors (Lipinski definition) is 1. The minimum absolute atomic E-state index is 0.606. The van der Waals surface area contributed by atoms with E-state index >= 15 is 0 Å². The molecule has 1 aromatic carbocycles. The van der Waals surface area contributed by atoms with E-state index in [4.69, 9.17) is 5.73 Å². The lowest BCUT2D eigenvalue weighted by Gasteiger charge is -2.23. The molecule has 1 aliphatic carbocycles. The standard InChI is InChI=1S/C14H18N4/c1-10-12-4-2-3-5-13(12)14(17-16-10)18(9-8-15)11-6-7-11/h2-5,11H,6-9,15H2,1H3. The third-order valence-electron chi connectivity index (χ3n) is 3.48. The molecule has 1 fully saturated rings. The molecule has 3 rings (SSSR count). The van der Waals surface area contributed by atoms with Crippen LogP contribution in [-0.4, -0.2) is 29.3 Å². The number of nitrogens with zero attached hydrogens (tertiary/aromatic N) is 3. The Hall–Kier alpha value is -1.68. The zero-order chi connectivity index (χ0) is 12.5. The number of aromatic nitrogens is 2. The normalized spacial score (nSPS) is 15.0. The molecule has 0 amide bonds. The quantitative estimate of drug-likeness (QED) is 0.889. The molecule has 0 spiro atoms. The SMILES string of the molecule is Cc1nnc(N(CCN)C2CC2)c2ccccc12. The minimum Gasteiger partial charge on any atom is -0.350 e. The van der Waals surface area contributed by atoms with E-state index in [1.165, 1.54) is 23.6 Å². The van der Waals surface area contributed by atoms with Gasteiger partial charge in [0, 0.05) is 29.9 Å². The molecule has 0 bridgehead atoms. The highest BCUT2D eigenvalue weighted by atomic mass is 15.3. The largest absolute Gasteiger partial charge is 0.350 e. The van der Waals surface area contributed by atoms with Crippen LogP contribution in [0.15, 0.2) is 24.3 Å². The van der Waals surface area contributed by atoms with Gasteiger partial charge in [0.25, 0.3) is 0 Å².